The third-order valence-corrected chi connectivity index (χ3v) is 5.40. The Kier molecular flexibility index (Phi) is 2.33. The molecule has 0 aliphatic carbocycles. The number of benzene rings is 1. The topological polar surface area (TPSA) is 9.23 Å². The normalized spacial score (nSPS) is 23.1. The molecule has 1 aliphatic heterocycles. The van der Waals surface area contributed by atoms with Crippen LogP contribution in [-0.2, 0) is 4.43 Å². The molecule has 0 radical (unpaired) electrons. The summed E-state index contributed by atoms with van der Waals surface area (Å²) in [4.78, 5) is 0. The van der Waals surface area contributed by atoms with Crippen molar-refractivity contribution in [3.8, 4) is 0 Å². The van der Waals surface area contributed by atoms with Crippen molar-refractivity contribution in [1.82, 2.24) is 0 Å². The average molecular weight is 204 g/mol. The van der Waals surface area contributed by atoms with E-state index in [1.807, 2.05) is 6.08 Å². The minimum Gasteiger partial charge on any atom is -0.406 e. The summed E-state index contributed by atoms with van der Waals surface area (Å²) in [6.45, 7) is 8.30. The Bertz CT molecular complexity index is 357. The van der Waals surface area contributed by atoms with Gasteiger partial charge in [0, 0.05) is 0 Å². The Balaban J connectivity index is 2.43. The molecular formula is C12H16OSi. The summed E-state index contributed by atoms with van der Waals surface area (Å²) in [5.41, 5.74) is 1.38. The van der Waals surface area contributed by atoms with Crippen LogP contribution < -0.4 is 5.19 Å². The average Bonchev–Trinajstić information content (AvgIpc) is 2.41. The third-order valence-electron chi connectivity index (χ3n) is 2.77. The molecule has 0 saturated carbocycles. The lowest BCUT2D eigenvalue weighted by atomic mass is 10.1. The van der Waals surface area contributed by atoms with Crippen LogP contribution >= 0.6 is 0 Å². The van der Waals surface area contributed by atoms with E-state index in [1.54, 1.807) is 0 Å². The highest BCUT2D eigenvalue weighted by Crippen LogP contribution is 2.32. The van der Waals surface area contributed by atoms with Crippen LogP contribution in [0, 0.1) is 0 Å². The maximum Gasteiger partial charge on any atom is 0.219 e. The summed E-state index contributed by atoms with van der Waals surface area (Å²) >= 11 is 0. The first-order chi connectivity index (χ1) is 6.65. The largest absolute Gasteiger partial charge is 0.406 e. The van der Waals surface area contributed by atoms with Crippen molar-refractivity contribution in [3.05, 3.63) is 42.5 Å². The summed E-state index contributed by atoms with van der Waals surface area (Å²) in [7, 11) is -1.61. The summed E-state index contributed by atoms with van der Waals surface area (Å²) in [5.74, 6) is 0. The van der Waals surface area contributed by atoms with Gasteiger partial charge in [-0.25, -0.2) is 0 Å². The first kappa shape index (κ1) is 9.68. The molecule has 14 heavy (non-hydrogen) atoms. The molecule has 0 N–H and O–H groups in total. The quantitative estimate of drug-likeness (QED) is 0.531. The predicted molar refractivity (Wildman–Crippen MR) is 62.2 cm³/mol. The van der Waals surface area contributed by atoms with Crippen molar-refractivity contribution in [2.75, 3.05) is 0 Å². The van der Waals surface area contributed by atoms with Gasteiger partial charge in [-0.15, -0.1) is 6.58 Å². The Morgan fingerprint density at radius 1 is 1.43 bits per heavy atom. The molecule has 1 aliphatic rings. The summed E-state index contributed by atoms with van der Waals surface area (Å²) in [6.07, 6.45) is 3.12. The fourth-order valence-corrected chi connectivity index (χ4v) is 4.63. The van der Waals surface area contributed by atoms with Crippen LogP contribution in [0.3, 0.4) is 0 Å². The lowest BCUT2D eigenvalue weighted by Crippen LogP contribution is -2.39. The molecule has 1 heterocycles. The van der Waals surface area contributed by atoms with Crippen LogP contribution in [-0.4, -0.2) is 8.32 Å². The molecule has 74 valence electrons. The van der Waals surface area contributed by atoms with Crippen molar-refractivity contribution >= 4 is 13.5 Å². The van der Waals surface area contributed by atoms with Crippen molar-refractivity contribution in [2.24, 2.45) is 0 Å². The molecule has 0 fully saturated rings. The Morgan fingerprint density at radius 2 is 2.14 bits per heavy atom. The van der Waals surface area contributed by atoms with Crippen LogP contribution in [0.1, 0.15) is 18.1 Å². The van der Waals surface area contributed by atoms with Crippen LogP contribution in [0.25, 0.3) is 0 Å². The van der Waals surface area contributed by atoms with E-state index in [-0.39, 0.29) is 6.10 Å². The van der Waals surface area contributed by atoms with Crippen LogP contribution in [0.5, 0.6) is 0 Å². The van der Waals surface area contributed by atoms with Gasteiger partial charge in [0.2, 0.25) is 8.32 Å². The monoisotopic (exact) mass is 204 g/mol. The highest BCUT2D eigenvalue weighted by Gasteiger charge is 2.38. The zero-order chi connectivity index (χ0) is 10.2. The van der Waals surface area contributed by atoms with Gasteiger partial charge in [-0.1, -0.05) is 30.3 Å². The second-order valence-electron chi connectivity index (χ2n) is 4.23. The van der Waals surface area contributed by atoms with E-state index >= 15 is 0 Å². The lowest BCUT2D eigenvalue weighted by molar-refractivity contribution is 0.220. The molecule has 0 bridgehead atoms. The molecule has 2 rings (SSSR count). The maximum atomic E-state index is 6.13. The standard InChI is InChI=1S/C12H16OSi/c1-4-7-11-10-8-5-6-9-12(10)14(2,3)13-11/h4-6,8-9,11H,1,7H2,2-3H3. The fourth-order valence-electron chi connectivity index (χ4n) is 2.14. The van der Waals surface area contributed by atoms with Gasteiger partial charge in [-0.2, -0.15) is 0 Å². The second-order valence-corrected chi connectivity index (χ2v) is 8.02. The molecule has 0 amide bonds. The van der Waals surface area contributed by atoms with E-state index in [0.717, 1.165) is 6.42 Å². The van der Waals surface area contributed by atoms with E-state index in [0.29, 0.717) is 0 Å². The molecule has 1 aromatic rings. The minimum absolute atomic E-state index is 0.255. The molecule has 0 aromatic heterocycles. The molecule has 1 nitrogen and oxygen atoms in total. The van der Waals surface area contributed by atoms with Crippen molar-refractivity contribution in [2.45, 2.75) is 25.6 Å². The Hall–Kier alpha value is -0.863. The first-order valence-corrected chi connectivity index (χ1v) is 7.94. The molecule has 0 spiro atoms. The molecular weight excluding hydrogens is 188 g/mol. The third kappa shape index (κ3) is 1.45. The smallest absolute Gasteiger partial charge is 0.219 e. The van der Waals surface area contributed by atoms with Gasteiger partial charge in [-0.05, 0) is 30.3 Å². The summed E-state index contributed by atoms with van der Waals surface area (Å²) in [5, 5.41) is 1.45. The van der Waals surface area contributed by atoms with Gasteiger partial charge in [0.25, 0.3) is 0 Å². The van der Waals surface area contributed by atoms with Crippen molar-refractivity contribution < 1.29 is 4.43 Å². The van der Waals surface area contributed by atoms with E-state index in [2.05, 4.69) is 43.9 Å². The van der Waals surface area contributed by atoms with Gasteiger partial charge >= 0.3 is 0 Å². The Labute approximate surface area is 86.5 Å². The number of rotatable bonds is 2. The number of fused-ring (bicyclic) bond motifs is 1. The summed E-state index contributed by atoms with van der Waals surface area (Å²) in [6, 6.07) is 8.59. The zero-order valence-corrected chi connectivity index (χ0v) is 9.79. The van der Waals surface area contributed by atoms with Gasteiger partial charge in [-0.3, -0.25) is 0 Å². The van der Waals surface area contributed by atoms with E-state index in [1.165, 1.54) is 10.8 Å². The van der Waals surface area contributed by atoms with E-state index in [9.17, 15) is 0 Å². The first-order valence-electron chi connectivity index (χ1n) is 5.03. The van der Waals surface area contributed by atoms with Crippen LogP contribution in [0.2, 0.25) is 13.1 Å². The molecule has 1 atom stereocenters. The fraction of sp³-hybridized carbons (Fsp3) is 0.333. The van der Waals surface area contributed by atoms with Gasteiger partial charge in [0.05, 0.1) is 6.10 Å². The predicted octanol–water partition coefficient (Wildman–Crippen LogP) is 2.75. The zero-order valence-electron chi connectivity index (χ0n) is 8.79. The van der Waals surface area contributed by atoms with Crippen molar-refractivity contribution in [1.29, 1.82) is 0 Å². The van der Waals surface area contributed by atoms with Crippen molar-refractivity contribution in [3.63, 3.8) is 0 Å². The van der Waals surface area contributed by atoms with E-state index < -0.39 is 8.32 Å². The van der Waals surface area contributed by atoms with Gasteiger partial charge in [0.1, 0.15) is 0 Å². The van der Waals surface area contributed by atoms with Crippen LogP contribution in [0.4, 0.5) is 0 Å². The highest BCUT2D eigenvalue weighted by molar-refractivity contribution is 6.85. The molecule has 1 aromatic carbocycles. The van der Waals surface area contributed by atoms with Crippen LogP contribution in [0.15, 0.2) is 36.9 Å². The Morgan fingerprint density at radius 3 is 2.86 bits per heavy atom. The SMILES string of the molecule is C=CCC1O[Si](C)(C)c2ccccc21. The maximum absolute atomic E-state index is 6.13. The second kappa shape index (κ2) is 3.37. The molecule has 2 heteroatoms. The minimum atomic E-state index is -1.61. The van der Waals surface area contributed by atoms with Gasteiger partial charge < -0.3 is 4.43 Å². The van der Waals surface area contributed by atoms with Gasteiger partial charge in [0.15, 0.2) is 0 Å². The number of hydrogen-bond acceptors (Lipinski definition) is 1. The molecule has 1 unspecified atom stereocenters. The molecule has 0 saturated heterocycles. The number of hydrogen-bond donors (Lipinski definition) is 0. The lowest BCUT2D eigenvalue weighted by Gasteiger charge is -2.17. The summed E-state index contributed by atoms with van der Waals surface area (Å²) < 4.78 is 6.13. The highest BCUT2D eigenvalue weighted by atomic mass is 28.4. The van der Waals surface area contributed by atoms with E-state index in [4.69, 9.17) is 4.43 Å².